The van der Waals surface area contributed by atoms with Gasteiger partial charge in [-0.15, -0.1) is 11.3 Å². The Morgan fingerprint density at radius 1 is 1.29 bits per heavy atom. The molecule has 0 atom stereocenters. The highest BCUT2D eigenvalue weighted by Gasteiger charge is 2.21. The Hall–Kier alpha value is -2.45. The molecule has 0 spiro atoms. The number of rotatable bonds is 4. The van der Waals surface area contributed by atoms with E-state index in [2.05, 4.69) is 5.32 Å². The SMILES string of the molecule is O=C(O)c1ccc(NC(=O)c2cc(Cl)ccc2[N+](=O)[O-])s1. The van der Waals surface area contributed by atoms with Gasteiger partial charge in [0.1, 0.15) is 10.4 Å². The van der Waals surface area contributed by atoms with E-state index in [4.69, 9.17) is 16.7 Å². The lowest BCUT2D eigenvalue weighted by Gasteiger charge is -2.04. The molecule has 1 heterocycles. The molecule has 1 aromatic carbocycles. The fourth-order valence-electron chi connectivity index (χ4n) is 1.55. The Kier molecular flexibility index (Phi) is 4.20. The molecule has 21 heavy (non-hydrogen) atoms. The lowest BCUT2D eigenvalue weighted by atomic mass is 10.1. The first kappa shape index (κ1) is 14.9. The second kappa shape index (κ2) is 5.90. The van der Waals surface area contributed by atoms with Gasteiger partial charge in [0.25, 0.3) is 11.6 Å². The normalized spacial score (nSPS) is 10.1. The van der Waals surface area contributed by atoms with Crippen molar-refractivity contribution in [2.45, 2.75) is 0 Å². The number of halogens is 1. The summed E-state index contributed by atoms with van der Waals surface area (Å²) in [6.45, 7) is 0. The summed E-state index contributed by atoms with van der Waals surface area (Å²) in [5.74, 6) is -1.85. The molecule has 0 fully saturated rings. The van der Waals surface area contributed by atoms with E-state index in [0.717, 1.165) is 17.4 Å². The van der Waals surface area contributed by atoms with Crippen LogP contribution in [0.25, 0.3) is 0 Å². The average Bonchev–Trinajstić information content (AvgIpc) is 2.86. The molecule has 0 saturated heterocycles. The van der Waals surface area contributed by atoms with Crippen LogP contribution >= 0.6 is 22.9 Å². The van der Waals surface area contributed by atoms with Crippen LogP contribution in [0.3, 0.4) is 0 Å². The maximum atomic E-state index is 12.1. The molecule has 0 bridgehead atoms. The van der Waals surface area contributed by atoms with Gasteiger partial charge < -0.3 is 10.4 Å². The van der Waals surface area contributed by atoms with E-state index < -0.39 is 16.8 Å². The van der Waals surface area contributed by atoms with Crippen LogP contribution in [0.2, 0.25) is 5.02 Å². The van der Waals surface area contributed by atoms with Crippen LogP contribution in [0.15, 0.2) is 30.3 Å². The average molecular weight is 327 g/mol. The quantitative estimate of drug-likeness (QED) is 0.662. The molecule has 0 aliphatic rings. The number of hydrogen-bond donors (Lipinski definition) is 2. The highest BCUT2D eigenvalue weighted by molar-refractivity contribution is 7.18. The van der Waals surface area contributed by atoms with Crippen molar-refractivity contribution < 1.29 is 19.6 Å². The fourth-order valence-corrected chi connectivity index (χ4v) is 2.46. The third-order valence-electron chi connectivity index (χ3n) is 2.45. The number of hydrogen-bond acceptors (Lipinski definition) is 5. The Morgan fingerprint density at radius 2 is 2.00 bits per heavy atom. The number of nitro groups is 1. The minimum absolute atomic E-state index is 0.0471. The van der Waals surface area contributed by atoms with Crippen molar-refractivity contribution >= 4 is 45.5 Å². The van der Waals surface area contributed by atoms with Crippen molar-refractivity contribution in [2.24, 2.45) is 0 Å². The van der Waals surface area contributed by atoms with Gasteiger partial charge in [-0.1, -0.05) is 11.6 Å². The van der Waals surface area contributed by atoms with Crippen molar-refractivity contribution in [1.29, 1.82) is 0 Å². The zero-order valence-corrected chi connectivity index (χ0v) is 11.8. The molecule has 9 heteroatoms. The number of amides is 1. The summed E-state index contributed by atoms with van der Waals surface area (Å²) in [6.07, 6.45) is 0. The molecule has 2 aromatic rings. The molecule has 2 rings (SSSR count). The fraction of sp³-hybridized carbons (Fsp3) is 0. The van der Waals surface area contributed by atoms with Gasteiger partial charge in [-0.05, 0) is 24.3 Å². The molecule has 2 N–H and O–H groups in total. The first-order valence-electron chi connectivity index (χ1n) is 5.47. The van der Waals surface area contributed by atoms with Crippen molar-refractivity contribution in [3.8, 4) is 0 Å². The van der Waals surface area contributed by atoms with Crippen LogP contribution in [0.4, 0.5) is 10.7 Å². The molecule has 108 valence electrons. The number of nitro benzene ring substituents is 1. The molecule has 0 unspecified atom stereocenters. The maximum Gasteiger partial charge on any atom is 0.345 e. The van der Waals surface area contributed by atoms with Gasteiger partial charge in [-0.25, -0.2) is 4.79 Å². The molecule has 1 aromatic heterocycles. The lowest BCUT2D eigenvalue weighted by Crippen LogP contribution is -2.13. The van der Waals surface area contributed by atoms with Gasteiger partial charge in [0.05, 0.1) is 9.92 Å². The van der Waals surface area contributed by atoms with Crippen LogP contribution < -0.4 is 5.32 Å². The summed E-state index contributed by atoms with van der Waals surface area (Å²) < 4.78 is 0. The smallest absolute Gasteiger partial charge is 0.345 e. The molecule has 1 amide bonds. The molecule has 0 saturated carbocycles. The van der Waals surface area contributed by atoms with Crippen LogP contribution in [0.1, 0.15) is 20.0 Å². The van der Waals surface area contributed by atoms with Gasteiger partial charge in [-0.2, -0.15) is 0 Å². The highest BCUT2D eigenvalue weighted by atomic mass is 35.5. The van der Waals surface area contributed by atoms with Gasteiger partial charge in [0.2, 0.25) is 0 Å². The van der Waals surface area contributed by atoms with E-state index in [1.165, 1.54) is 24.3 Å². The zero-order chi connectivity index (χ0) is 15.6. The Balaban J connectivity index is 2.29. The van der Waals surface area contributed by atoms with E-state index in [1.54, 1.807) is 0 Å². The maximum absolute atomic E-state index is 12.1. The predicted octanol–water partition coefficient (Wildman–Crippen LogP) is 3.26. The first-order valence-corrected chi connectivity index (χ1v) is 6.66. The number of carboxylic acids is 1. The third-order valence-corrected chi connectivity index (χ3v) is 3.68. The standard InChI is InChI=1S/C12H7ClN2O5S/c13-6-1-2-8(15(19)20)7(5-6)11(16)14-10-4-3-9(21-10)12(17)18/h1-5H,(H,14,16)(H,17,18). The molecule has 7 nitrogen and oxygen atoms in total. The summed E-state index contributed by atoms with van der Waals surface area (Å²) in [4.78, 5) is 33.1. The van der Waals surface area contributed by atoms with Gasteiger partial charge in [0.15, 0.2) is 0 Å². The minimum atomic E-state index is -1.12. The number of anilines is 1. The number of carboxylic acid groups (broad SMARTS) is 1. The molecular formula is C12H7ClN2O5S. The first-order chi connectivity index (χ1) is 9.88. The van der Waals surface area contributed by atoms with E-state index in [9.17, 15) is 19.7 Å². The molecule has 0 aliphatic carbocycles. The topological polar surface area (TPSA) is 110 Å². The highest BCUT2D eigenvalue weighted by Crippen LogP contribution is 2.26. The number of carbonyl (C=O) groups excluding carboxylic acids is 1. The van der Waals surface area contributed by atoms with E-state index in [1.807, 2.05) is 0 Å². The summed E-state index contributed by atoms with van der Waals surface area (Å²) >= 11 is 6.58. The Labute approximate surface area is 126 Å². The summed E-state index contributed by atoms with van der Waals surface area (Å²) in [5.41, 5.74) is -0.579. The zero-order valence-electron chi connectivity index (χ0n) is 10.2. The van der Waals surface area contributed by atoms with E-state index in [-0.39, 0.29) is 26.2 Å². The number of benzene rings is 1. The number of carbonyl (C=O) groups is 2. The second-order valence-corrected chi connectivity index (χ2v) is 5.36. The number of aromatic carboxylic acids is 1. The van der Waals surface area contributed by atoms with Crippen molar-refractivity contribution in [1.82, 2.24) is 0 Å². The Bertz CT molecular complexity index is 743. The van der Waals surface area contributed by atoms with E-state index in [0.29, 0.717) is 0 Å². The van der Waals surface area contributed by atoms with E-state index >= 15 is 0 Å². The van der Waals surface area contributed by atoms with Crippen LogP contribution in [-0.2, 0) is 0 Å². The molecule has 0 aliphatic heterocycles. The van der Waals surface area contributed by atoms with Crippen LogP contribution in [0, 0.1) is 10.1 Å². The van der Waals surface area contributed by atoms with Crippen molar-refractivity contribution in [3.05, 3.63) is 55.9 Å². The minimum Gasteiger partial charge on any atom is -0.477 e. The Morgan fingerprint density at radius 3 is 2.57 bits per heavy atom. The van der Waals surface area contributed by atoms with Crippen LogP contribution in [-0.4, -0.2) is 21.9 Å². The van der Waals surface area contributed by atoms with Gasteiger partial charge in [0, 0.05) is 11.1 Å². The summed E-state index contributed by atoms with van der Waals surface area (Å²) in [5, 5.41) is 22.5. The van der Waals surface area contributed by atoms with Gasteiger partial charge in [-0.3, -0.25) is 14.9 Å². The van der Waals surface area contributed by atoms with Gasteiger partial charge >= 0.3 is 5.97 Å². The predicted molar refractivity (Wildman–Crippen MR) is 77.3 cm³/mol. The third kappa shape index (κ3) is 3.36. The monoisotopic (exact) mass is 326 g/mol. The lowest BCUT2D eigenvalue weighted by molar-refractivity contribution is -0.385. The van der Waals surface area contributed by atoms with Crippen LogP contribution in [0.5, 0.6) is 0 Å². The number of thiophene rings is 1. The molecule has 0 radical (unpaired) electrons. The summed E-state index contributed by atoms with van der Waals surface area (Å²) in [7, 11) is 0. The number of nitrogens with zero attached hydrogens (tertiary/aromatic N) is 1. The number of nitrogens with one attached hydrogen (secondary N) is 1. The summed E-state index contributed by atoms with van der Waals surface area (Å²) in [6, 6.07) is 6.36. The molecular weight excluding hydrogens is 320 g/mol. The largest absolute Gasteiger partial charge is 0.477 e. The van der Waals surface area contributed by atoms with Crippen molar-refractivity contribution in [2.75, 3.05) is 5.32 Å². The van der Waals surface area contributed by atoms with Crippen molar-refractivity contribution in [3.63, 3.8) is 0 Å². The second-order valence-electron chi connectivity index (χ2n) is 3.84.